The Bertz CT molecular complexity index is 634. The summed E-state index contributed by atoms with van der Waals surface area (Å²) in [5, 5.41) is 0. The summed E-state index contributed by atoms with van der Waals surface area (Å²) in [6.07, 6.45) is 2.24. The van der Waals surface area contributed by atoms with Crippen LogP contribution in [0, 0.1) is 0 Å². The molecule has 0 radical (unpaired) electrons. The largest absolute Gasteiger partial charge is 0.339 e. The van der Waals surface area contributed by atoms with E-state index in [2.05, 4.69) is 9.97 Å². The zero-order chi connectivity index (χ0) is 11.9. The van der Waals surface area contributed by atoms with E-state index >= 15 is 0 Å². The van der Waals surface area contributed by atoms with E-state index in [-0.39, 0.29) is 17.3 Å². The van der Waals surface area contributed by atoms with Crippen LogP contribution in [0.1, 0.15) is 26.3 Å². The maximum atomic E-state index is 12.0. The third-order valence-electron chi connectivity index (χ3n) is 2.89. The number of H-pyrrole nitrogens is 1. The quantitative estimate of drug-likeness (QED) is 0.799. The zero-order valence-corrected chi connectivity index (χ0v) is 9.52. The Balaban J connectivity index is 2.97. The second-order valence-electron chi connectivity index (χ2n) is 3.88. The summed E-state index contributed by atoms with van der Waals surface area (Å²) in [4.78, 5) is 30.5. The molecule has 2 heterocycles. The van der Waals surface area contributed by atoms with Crippen LogP contribution in [-0.2, 0) is 7.05 Å². The summed E-state index contributed by atoms with van der Waals surface area (Å²) >= 11 is 0. The zero-order valence-electron chi connectivity index (χ0n) is 9.52. The van der Waals surface area contributed by atoms with Gasteiger partial charge in [-0.15, -0.1) is 0 Å². The summed E-state index contributed by atoms with van der Waals surface area (Å²) in [6, 6.07) is 0.0186. The molecule has 2 rings (SSSR count). The van der Waals surface area contributed by atoms with E-state index in [1.807, 2.05) is 13.8 Å². The minimum Gasteiger partial charge on any atom is -0.339 e. The van der Waals surface area contributed by atoms with Gasteiger partial charge in [0.25, 0.3) is 5.56 Å². The molecule has 0 aromatic carbocycles. The van der Waals surface area contributed by atoms with Gasteiger partial charge in [0, 0.05) is 13.1 Å². The van der Waals surface area contributed by atoms with Crippen molar-refractivity contribution in [1.29, 1.82) is 0 Å². The van der Waals surface area contributed by atoms with E-state index < -0.39 is 0 Å². The van der Waals surface area contributed by atoms with E-state index in [1.165, 1.54) is 13.4 Å². The summed E-state index contributed by atoms with van der Waals surface area (Å²) in [7, 11) is 1.48. The van der Waals surface area contributed by atoms with Gasteiger partial charge in [-0.2, -0.15) is 0 Å². The Morgan fingerprint density at radius 1 is 1.50 bits per heavy atom. The lowest BCUT2D eigenvalue weighted by Gasteiger charge is -2.14. The fourth-order valence-electron chi connectivity index (χ4n) is 1.71. The maximum Gasteiger partial charge on any atom is 0.332 e. The lowest BCUT2D eigenvalue weighted by molar-refractivity contribution is 0.500. The number of hydrogen-bond acceptors (Lipinski definition) is 3. The third kappa shape index (κ3) is 1.30. The average molecular weight is 222 g/mol. The first kappa shape index (κ1) is 10.7. The molecule has 0 aliphatic carbocycles. The van der Waals surface area contributed by atoms with Gasteiger partial charge in [-0.25, -0.2) is 9.78 Å². The summed E-state index contributed by atoms with van der Waals surface area (Å²) in [5.41, 5.74) is 0.154. The highest BCUT2D eigenvalue weighted by atomic mass is 16.2. The molecule has 6 nitrogen and oxygen atoms in total. The predicted molar refractivity (Wildman–Crippen MR) is 60.6 cm³/mol. The van der Waals surface area contributed by atoms with Crippen molar-refractivity contribution in [1.82, 2.24) is 19.1 Å². The van der Waals surface area contributed by atoms with E-state index in [0.29, 0.717) is 11.2 Å². The normalized spacial score (nSPS) is 13.2. The SMILES string of the molecule is CCC(C)n1c(=O)n(C)c(=O)c2[nH]cnc21. The summed E-state index contributed by atoms with van der Waals surface area (Å²) < 4.78 is 2.65. The molecule has 0 spiro atoms. The van der Waals surface area contributed by atoms with Gasteiger partial charge < -0.3 is 4.98 Å². The number of hydrogen-bond donors (Lipinski definition) is 1. The highest BCUT2D eigenvalue weighted by Gasteiger charge is 2.15. The van der Waals surface area contributed by atoms with Crippen LogP contribution in [0.15, 0.2) is 15.9 Å². The van der Waals surface area contributed by atoms with Gasteiger partial charge in [-0.05, 0) is 13.3 Å². The first-order chi connectivity index (χ1) is 7.57. The Morgan fingerprint density at radius 3 is 2.81 bits per heavy atom. The molecule has 0 bridgehead atoms. The van der Waals surface area contributed by atoms with Crippen molar-refractivity contribution >= 4 is 11.2 Å². The van der Waals surface area contributed by atoms with Crippen molar-refractivity contribution in [2.75, 3.05) is 0 Å². The van der Waals surface area contributed by atoms with E-state index in [1.54, 1.807) is 4.57 Å². The van der Waals surface area contributed by atoms with Crippen LogP contribution in [-0.4, -0.2) is 19.1 Å². The molecule has 86 valence electrons. The minimum absolute atomic E-state index is 0.0186. The molecule has 0 fully saturated rings. The van der Waals surface area contributed by atoms with Gasteiger partial charge in [0.05, 0.1) is 6.33 Å². The third-order valence-corrected chi connectivity index (χ3v) is 2.89. The Hall–Kier alpha value is -1.85. The van der Waals surface area contributed by atoms with Gasteiger partial charge in [-0.3, -0.25) is 13.9 Å². The predicted octanol–water partition coefficient (Wildman–Crippen LogP) is 0.394. The molecule has 1 N–H and O–H groups in total. The molecule has 0 aliphatic rings. The van der Waals surface area contributed by atoms with Crippen molar-refractivity contribution in [3.63, 3.8) is 0 Å². The molecule has 0 saturated carbocycles. The van der Waals surface area contributed by atoms with Crippen molar-refractivity contribution in [3.8, 4) is 0 Å². The van der Waals surface area contributed by atoms with Crippen LogP contribution >= 0.6 is 0 Å². The van der Waals surface area contributed by atoms with Crippen LogP contribution in [0.3, 0.4) is 0 Å². The van der Waals surface area contributed by atoms with Crippen molar-refractivity contribution in [2.24, 2.45) is 7.05 Å². The minimum atomic E-state index is -0.336. The Morgan fingerprint density at radius 2 is 2.19 bits per heavy atom. The van der Waals surface area contributed by atoms with Crippen LogP contribution < -0.4 is 11.2 Å². The first-order valence-electron chi connectivity index (χ1n) is 5.22. The molecule has 1 atom stereocenters. The van der Waals surface area contributed by atoms with Crippen molar-refractivity contribution < 1.29 is 0 Å². The molecule has 6 heteroatoms. The topological polar surface area (TPSA) is 72.7 Å². The van der Waals surface area contributed by atoms with Crippen molar-refractivity contribution in [2.45, 2.75) is 26.3 Å². The Labute approximate surface area is 91.5 Å². The number of rotatable bonds is 2. The van der Waals surface area contributed by atoms with Crippen LogP contribution in [0.25, 0.3) is 11.2 Å². The fraction of sp³-hybridized carbons (Fsp3) is 0.500. The van der Waals surface area contributed by atoms with Crippen molar-refractivity contribution in [3.05, 3.63) is 27.2 Å². The molecule has 16 heavy (non-hydrogen) atoms. The lowest BCUT2D eigenvalue weighted by Crippen LogP contribution is -2.39. The standard InChI is InChI=1S/C10H14N4O2/c1-4-6(2)14-8-7(11-5-12-8)9(15)13(3)10(14)16/h5-6H,4H2,1-3H3,(H,11,12). The number of aromatic amines is 1. The number of aromatic nitrogens is 4. The van der Waals surface area contributed by atoms with Crippen LogP contribution in [0.2, 0.25) is 0 Å². The number of imidazole rings is 1. The van der Waals surface area contributed by atoms with Gasteiger partial charge in [0.1, 0.15) is 5.52 Å². The molecule has 0 amide bonds. The molecular weight excluding hydrogens is 208 g/mol. The second-order valence-corrected chi connectivity index (χ2v) is 3.88. The van der Waals surface area contributed by atoms with Gasteiger partial charge >= 0.3 is 5.69 Å². The monoisotopic (exact) mass is 222 g/mol. The number of nitrogens with one attached hydrogen (secondary N) is 1. The summed E-state index contributed by atoms with van der Waals surface area (Å²) in [5.74, 6) is 0. The van der Waals surface area contributed by atoms with Gasteiger partial charge in [0.2, 0.25) is 0 Å². The molecule has 0 aliphatic heterocycles. The highest BCUT2D eigenvalue weighted by molar-refractivity contribution is 5.68. The van der Waals surface area contributed by atoms with Gasteiger partial charge in [-0.1, -0.05) is 6.92 Å². The second kappa shape index (κ2) is 3.62. The molecule has 2 aromatic rings. The molecule has 2 aromatic heterocycles. The first-order valence-corrected chi connectivity index (χ1v) is 5.22. The fourth-order valence-corrected chi connectivity index (χ4v) is 1.71. The Kier molecular flexibility index (Phi) is 2.41. The van der Waals surface area contributed by atoms with E-state index in [0.717, 1.165) is 11.0 Å². The molecular formula is C10H14N4O2. The van der Waals surface area contributed by atoms with E-state index in [9.17, 15) is 9.59 Å². The lowest BCUT2D eigenvalue weighted by atomic mass is 10.2. The average Bonchev–Trinajstić information content (AvgIpc) is 2.74. The summed E-state index contributed by atoms with van der Waals surface area (Å²) in [6.45, 7) is 3.92. The van der Waals surface area contributed by atoms with Gasteiger partial charge in [0.15, 0.2) is 5.65 Å². The van der Waals surface area contributed by atoms with E-state index in [4.69, 9.17) is 0 Å². The molecule has 1 unspecified atom stereocenters. The number of fused-ring (bicyclic) bond motifs is 1. The highest BCUT2D eigenvalue weighted by Crippen LogP contribution is 2.11. The van der Waals surface area contributed by atoms with Crippen LogP contribution in [0.4, 0.5) is 0 Å². The smallest absolute Gasteiger partial charge is 0.332 e. The molecule has 0 saturated heterocycles. The van der Waals surface area contributed by atoms with Crippen LogP contribution in [0.5, 0.6) is 0 Å². The number of nitrogens with zero attached hydrogens (tertiary/aromatic N) is 3. The maximum absolute atomic E-state index is 12.0.